The zero-order valence-corrected chi connectivity index (χ0v) is 19.3. The van der Waals surface area contributed by atoms with Crippen LogP contribution in [0.1, 0.15) is 13.8 Å². The molecular formula is C24H28Li2OSi. The van der Waals surface area contributed by atoms with Gasteiger partial charge in [-0.15, -0.1) is 81.8 Å². The molecule has 0 aliphatic carbocycles. The van der Waals surface area contributed by atoms with Crippen LogP contribution in [0.3, 0.4) is 0 Å². The Morgan fingerprint density at radius 3 is 1.46 bits per heavy atom. The van der Waals surface area contributed by atoms with Gasteiger partial charge in [0.05, 0.1) is 0 Å². The second kappa shape index (κ2) is 11.3. The number of hydrogen-bond acceptors (Lipinski definition) is 1. The molecule has 0 N–H and O–H groups in total. The Bertz CT molecular complexity index is 906. The molecule has 4 aromatic carbocycles. The minimum absolute atomic E-state index is 0. The van der Waals surface area contributed by atoms with Crippen molar-refractivity contribution in [2.75, 3.05) is 13.2 Å². The third-order valence-corrected chi connectivity index (χ3v) is 8.68. The van der Waals surface area contributed by atoms with Gasteiger partial charge in [-0.1, -0.05) is 23.9 Å². The first-order chi connectivity index (χ1) is 12.6. The minimum Gasteiger partial charge on any atom is -0.382 e. The summed E-state index contributed by atoms with van der Waals surface area (Å²) in [5, 5.41) is 8.69. The van der Waals surface area contributed by atoms with Crippen LogP contribution >= 0.6 is 0 Å². The molecule has 0 aliphatic rings. The van der Waals surface area contributed by atoms with E-state index in [2.05, 4.69) is 85.9 Å². The summed E-state index contributed by atoms with van der Waals surface area (Å²) in [5.41, 5.74) is 0. The number of hydrogen-bond donors (Lipinski definition) is 0. The predicted octanol–water partition coefficient (Wildman–Crippen LogP) is -0.696. The van der Waals surface area contributed by atoms with E-state index in [-0.39, 0.29) is 37.7 Å². The fourth-order valence-corrected chi connectivity index (χ4v) is 6.83. The fraction of sp³-hybridized carbons (Fsp3) is 0.250. The minimum atomic E-state index is -1.68. The maximum Gasteiger partial charge on any atom is 1.00 e. The van der Waals surface area contributed by atoms with Crippen molar-refractivity contribution >= 4 is 40.0 Å². The summed E-state index contributed by atoms with van der Waals surface area (Å²) in [6.07, 6.45) is 0. The molecule has 0 atom stereocenters. The molecule has 0 saturated heterocycles. The van der Waals surface area contributed by atoms with E-state index in [1.165, 1.54) is 21.5 Å². The smallest absolute Gasteiger partial charge is 0.382 e. The van der Waals surface area contributed by atoms with Crippen LogP contribution in [0.15, 0.2) is 72.8 Å². The second-order valence-electron chi connectivity index (χ2n) is 7.07. The molecule has 4 rings (SSSR count). The van der Waals surface area contributed by atoms with Gasteiger partial charge in [0.25, 0.3) is 0 Å². The van der Waals surface area contributed by atoms with Crippen LogP contribution in [0.25, 0.3) is 21.5 Å². The van der Waals surface area contributed by atoms with E-state index in [1.807, 2.05) is 13.8 Å². The first kappa shape index (κ1) is 25.1. The van der Waals surface area contributed by atoms with Crippen LogP contribution in [0.5, 0.6) is 0 Å². The van der Waals surface area contributed by atoms with Gasteiger partial charge in [0.1, 0.15) is 0 Å². The molecule has 0 amide bonds. The molecule has 4 aromatic rings. The van der Waals surface area contributed by atoms with E-state index in [0.717, 1.165) is 13.2 Å². The van der Waals surface area contributed by atoms with E-state index in [1.54, 1.807) is 10.4 Å². The van der Waals surface area contributed by atoms with Gasteiger partial charge in [0.15, 0.2) is 0 Å². The van der Waals surface area contributed by atoms with Crippen LogP contribution in [-0.2, 0) is 4.74 Å². The average molecular weight is 374 g/mol. The maximum absolute atomic E-state index is 4.83. The molecule has 0 heterocycles. The van der Waals surface area contributed by atoms with Crippen LogP contribution in [0.2, 0.25) is 13.1 Å². The van der Waals surface area contributed by atoms with Crippen molar-refractivity contribution < 1.29 is 42.5 Å². The van der Waals surface area contributed by atoms with Crippen molar-refractivity contribution in [3.63, 3.8) is 0 Å². The monoisotopic (exact) mass is 374 g/mol. The summed E-state index contributed by atoms with van der Waals surface area (Å²) in [5.74, 6) is 0. The Labute approximate surface area is 194 Å². The van der Waals surface area contributed by atoms with Gasteiger partial charge in [-0.25, -0.2) is 0 Å². The zero-order chi connectivity index (χ0) is 18.6. The van der Waals surface area contributed by atoms with Gasteiger partial charge in [-0.05, 0) is 13.8 Å². The summed E-state index contributed by atoms with van der Waals surface area (Å²) >= 11 is 0. The van der Waals surface area contributed by atoms with Crippen molar-refractivity contribution in [2.24, 2.45) is 0 Å². The topological polar surface area (TPSA) is 9.23 Å². The molecule has 0 aromatic heterocycles. The molecule has 0 radical (unpaired) electrons. The Morgan fingerprint density at radius 1 is 0.679 bits per heavy atom. The van der Waals surface area contributed by atoms with Crippen molar-refractivity contribution in [2.45, 2.75) is 26.9 Å². The Balaban J connectivity index is 0.000000504. The zero-order valence-electron chi connectivity index (χ0n) is 18.3. The summed E-state index contributed by atoms with van der Waals surface area (Å²) in [4.78, 5) is 0. The van der Waals surface area contributed by atoms with E-state index in [0.29, 0.717) is 0 Å². The largest absolute Gasteiger partial charge is 1.00 e. The number of ether oxygens (including phenoxy) is 1. The van der Waals surface area contributed by atoms with Gasteiger partial charge >= 0.3 is 37.7 Å². The standard InChI is InChI=1S/C20H18Si.C4H10O.2Li/c1-21(2,19-13-11-15-7-3-5-9-17(15)19)20-14-12-16-8-4-6-10-18(16)20;1-3-5-4-2;;/h3-14H,1-2H3;3-4H2,1-2H3;;/q-2;;2*+1. The molecule has 4 heteroatoms. The third kappa shape index (κ3) is 5.14. The molecule has 1 nitrogen and oxygen atoms in total. The summed E-state index contributed by atoms with van der Waals surface area (Å²) in [6, 6.07) is 26.7. The summed E-state index contributed by atoms with van der Waals surface area (Å²) in [7, 11) is -1.68. The van der Waals surface area contributed by atoms with Crippen molar-refractivity contribution in [3.05, 3.63) is 72.8 Å². The van der Waals surface area contributed by atoms with E-state index in [9.17, 15) is 0 Å². The predicted molar refractivity (Wildman–Crippen MR) is 118 cm³/mol. The molecule has 0 saturated carbocycles. The van der Waals surface area contributed by atoms with Crippen LogP contribution in [-0.4, -0.2) is 21.3 Å². The molecule has 0 fully saturated rings. The van der Waals surface area contributed by atoms with E-state index >= 15 is 0 Å². The van der Waals surface area contributed by atoms with Crippen molar-refractivity contribution in [1.82, 2.24) is 0 Å². The summed E-state index contributed by atoms with van der Waals surface area (Å²) in [6.45, 7) is 10.6. The molecule has 0 spiro atoms. The average Bonchev–Trinajstić information content (AvgIpc) is 3.28. The third-order valence-electron chi connectivity index (χ3n) is 5.12. The Kier molecular flexibility index (Phi) is 10.1. The van der Waals surface area contributed by atoms with E-state index < -0.39 is 8.07 Å². The van der Waals surface area contributed by atoms with Crippen LogP contribution in [0.4, 0.5) is 0 Å². The second-order valence-corrected chi connectivity index (χ2v) is 11.4. The van der Waals surface area contributed by atoms with E-state index in [4.69, 9.17) is 4.74 Å². The SMILES string of the molecule is CCOCC.C[Si](C)(c1cc[c-]2ccccc12)c1cc[c-]2ccccc12.[Li+].[Li+]. The normalized spacial score (nSPS) is 10.7. The van der Waals surface area contributed by atoms with Crippen molar-refractivity contribution in [1.29, 1.82) is 0 Å². The Morgan fingerprint density at radius 2 is 1.11 bits per heavy atom. The first-order valence-corrected chi connectivity index (χ1v) is 12.5. The van der Waals surface area contributed by atoms with Gasteiger partial charge < -0.3 is 4.74 Å². The fourth-order valence-electron chi connectivity index (χ4n) is 3.74. The molecule has 0 unspecified atom stereocenters. The molecular weight excluding hydrogens is 346 g/mol. The van der Waals surface area contributed by atoms with Gasteiger partial charge in [-0.2, -0.15) is 12.1 Å². The number of benzene rings is 2. The molecule has 28 heavy (non-hydrogen) atoms. The van der Waals surface area contributed by atoms with Crippen LogP contribution in [0, 0.1) is 0 Å². The molecule has 136 valence electrons. The maximum atomic E-state index is 4.83. The van der Waals surface area contributed by atoms with Gasteiger partial charge in [-0.3, -0.25) is 0 Å². The first-order valence-electron chi connectivity index (χ1n) is 9.47. The number of fused-ring (bicyclic) bond motifs is 2. The Hall–Kier alpha value is -0.968. The molecule has 0 bridgehead atoms. The quantitative estimate of drug-likeness (QED) is 0.339. The molecule has 0 aliphatic heterocycles. The number of rotatable bonds is 4. The summed E-state index contributed by atoms with van der Waals surface area (Å²) < 4.78 is 4.83. The van der Waals surface area contributed by atoms with Gasteiger partial charge in [0, 0.05) is 21.3 Å². The van der Waals surface area contributed by atoms with Gasteiger partial charge in [0.2, 0.25) is 0 Å². The van der Waals surface area contributed by atoms with Crippen LogP contribution < -0.4 is 48.1 Å². The van der Waals surface area contributed by atoms with Crippen molar-refractivity contribution in [3.8, 4) is 0 Å².